The fourth-order valence-electron chi connectivity index (χ4n) is 3.14. The number of nitrogens with one attached hydrogen (secondary N) is 3. The van der Waals surface area contributed by atoms with Crippen LogP contribution in [0.2, 0.25) is 0 Å². The Morgan fingerprint density at radius 1 is 0.914 bits per heavy atom. The molecule has 0 aliphatic carbocycles. The number of aliphatic carboxylic acids is 2. The van der Waals surface area contributed by atoms with Crippen LogP contribution in [0.25, 0.3) is 0 Å². The maximum atomic E-state index is 13.0. The minimum absolute atomic E-state index is 0.0177. The zero-order valence-corrected chi connectivity index (χ0v) is 20.8. The summed E-state index contributed by atoms with van der Waals surface area (Å²) in [6.45, 7) is 3.26. The summed E-state index contributed by atoms with van der Waals surface area (Å²) in [5.41, 5.74) is 6.50. The molecule has 0 bridgehead atoms. The topological polar surface area (TPSA) is 188 Å². The molecule has 194 valence electrons. The third kappa shape index (κ3) is 10.8. The molecule has 0 heterocycles. The fourth-order valence-corrected chi connectivity index (χ4v) is 3.63. The van der Waals surface area contributed by atoms with Crippen molar-refractivity contribution in [1.29, 1.82) is 0 Å². The Kier molecular flexibility index (Phi) is 12.8. The van der Waals surface area contributed by atoms with Gasteiger partial charge in [-0.15, -0.1) is 0 Å². The lowest BCUT2D eigenvalue weighted by Gasteiger charge is -2.25. The first-order valence-corrected chi connectivity index (χ1v) is 12.5. The zero-order valence-electron chi connectivity index (χ0n) is 20.0. The van der Waals surface area contributed by atoms with Crippen LogP contribution in [0.15, 0.2) is 30.3 Å². The van der Waals surface area contributed by atoms with E-state index in [4.69, 9.17) is 5.73 Å². The van der Waals surface area contributed by atoms with E-state index in [9.17, 15) is 34.2 Å². The molecule has 35 heavy (non-hydrogen) atoms. The fraction of sp³-hybridized carbons (Fsp3) is 0.522. The standard InChI is InChI=1S/C23H34N4O7S/c1-13(2)19(23(33)34)27-22(32)16(11-14-7-5-4-6-8-14)26-21(31)17(12-18(28)29)25-20(30)15(24)9-10-35-3/h4-8,13,15-17,19H,9-12,24H2,1-3H3,(H,25,30)(H,26,31)(H,27,32)(H,28,29)(H,33,34). The smallest absolute Gasteiger partial charge is 0.326 e. The summed E-state index contributed by atoms with van der Waals surface area (Å²) >= 11 is 1.48. The number of carboxylic acid groups (broad SMARTS) is 2. The number of nitrogens with two attached hydrogens (primary N) is 1. The van der Waals surface area contributed by atoms with Gasteiger partial charge in [0.25, 0.3) is 0 Å². The molecule has 11 nitrogen and oxygen atoms in total. The Morgan fingerprint density at radius 3 is 2.00 bits per heavy atom. The summed E-state index contributed by atoms with van der Waals surface area (Å²) in [7, 11) is 0. The molecule has 0 radical (unpaired) electrons. The molecule has 3 amide bonds. The van der Waals surface area contributed by atoms with Crippen molar-refractivity contribution >= 4 is 41.4 Å². The molecule has 0 fully saturated rings. The molecular formula is C23H34N4O7S. The summed E-state index contributed by atoms with van der Waals surface area (Å²) in [6.07, 6.45) is 1.47. The minimum Gasteiger partial charge on any atom is -0.481 e. The molecule has 1 aromatic carbocycles. The van der Waals surface area contributed by atoms with E-state index in [1.807, 2.05) is 6.26 Å². The predicted molar refractivity (Wildman–Crippen MR) is 132 cm³/mol. The van der Waals surface area contributed by atoms with E-state index in [0.29, 0.717) is 17.7 Å². The van der Waals surface area contributed by atoms with Crippen molar-refractivity contribution in [2.45, 2.75) is 57.3 Å². The van der Waals surface area contributed by atoms with Gasteiger partial charge in [-0.25, -0.2) is 4.79 Å². The number of thioether (sulfide) groups is 1. The Labute approximate surface area is 208 Å². The molecule has 0 aliphatic heterocycles. The van der Waals surface area contributed by atoms with Crippen LogP contribution in [-0.4, -0.2) is 76.0 Å². The number of carbonyl (C=O) groups is 5. The second-order valence-electron chi connectivity index (χ2n) is 8.37. The number of carboxylic acids is 2. The van der Waals surface area contributed by atoms with Gasteiger partial charge in [-0.05, 0) is 29.9 Å². The molecule has 12 heteroatoms. The predicted octanol–water partition coefficient (Wildman–Crippen LogP) is -0.0208. The summed E-state index contributed by atoms with van der Waals surface area (Å²) in [4.78, 5) is 61.2. The summed E-state index contributed by atoms with van der Waals surface area (Å²) < 4.78 is 0. The lowest BCUT2D eigenvalue weighted by atomic mass is 10.0. The third-order valence-electron chi connectivity index (χ3n) is 5.13. The largest absolute Gasteiger partial charge is 0.481 e. The normalized spacial score (nSPS) is 14.3. The van der Waals surface area contributed by atoms with Crippen LogP contribution in [0.3, 0.4) is 0 Å². The van der Waals surface area contributed by atoms with E-state index in [1.54, 1.807) is 44.2 Å². The van der Waals surface area contributed by atoms with Crippen LogP contribution in [-0.2, 0) is 30.4 Å². The SMILES string of the molecule is CSCCC(N)C(=O)NC(CC(=O)O)C(=O)NC(Cc1ccccc1)C(=O)NC(C(=O)O)C(C)C. The van der Waals surface area contributed by atoms with Gasteiger partial charge < -0.3 is 31.9 Å². The van der Waals surface area contributed by atoms with Crippen LogP contribution < -0.4 is 21.7 Å². The molecule has 1 aromatic rings. The van der Waals surface area contributed by atoms with Crippen molar-refractivity contribution in [2.75, 3.05) is 12.0 Å². The van der Waals surface area contributed by atoms with Gasteiger partial charge in [-0.2, -0.15) is 11.8 Å². The molecule has 4 atom stereocenters. The number of benzene rings is 1. The lowest BCUT2D eigenvalue weighted by molar-refractivity contribution is -0.144. The van der Waals surface area contributed by atoms with E-state index >= 15 is 0 Å². The van der Waals surface area contributed by atoms with Gasteiger partial charge in [0.2, 0.25) is 17.7 Å². The molecular weight excluding hydrogens is 476 g/mol. The number of rotatable bonds is 15. The summed E-state index contributed by atoms with van der Waals surface area (Å²) in [5, 5.41) is 25.9. The molecule has 7 N–H and O–H groups in total. The summed E-state index contributed by atoms with van der Waals surface area (Å²) in [6, 6.07) is 3.88. The van der Waals surface area contributed by atoms with Crippen LogP contribution in [0.1, 0.15) is 32.3 Å². The van der Waals surface area contributed by atoms with Gasteiger partial charge in [0.15, 0.2) is 0 Å². The number of hydrogen-bond acceptors (Lipinski definition) is 7. The molecule has 0 aliphatic rings. The molecule has 4 unspecified atom stereocenters. The van der Waals surface area contributed by atoms with Gasteiger partial charge in [0.05, 0.1) is 12.5 Å². The van der Waals surface area contributed by atoms with Crippen LogP contribution in [0, 0.1) is 5.92 Å². The number of hydrogen-bond donors (Lipinski definition) is 6. The van der Waals surface area contributed by atoms with Gasteiger partial charge in [0, 0.05) is 6.42 Å². The Bertz CT molecular complexity index is 882. The van der Waals surface area contributed by atoms with Crippen molar-refractivity contribution in [2.24, 2.45) is 11.7 Å². The highest BCUT2D eigenvalue weighted by molar-refractivity contribution is 7.98. The maximum absolute atomic E-state index is 13.0. The zero-order chi connectivity index (χ0) is 26.5. The highest BCUT2D eigenvalue weighted by Gasteiger charge is 2.32. The van der Waals surface area contributed by atoms with Crippen LogP contribution in [0.5, 0.6) is 0 Å². The van der Waals surface area contributed by atoms with Crippen molar-refractivity contribution in [3.63, 3.8) is 0 Å². The Balaban J connectivity index is 3.10. The number of amides is 3. The molecule has 0 saturated heterocycles. The lowest BCUT2D eigenvalue weighted by Crippen LogP contribution is -2.58. The van der Waals surface area contributed by atoms with Gasteiger partial charge in [-0.1, -0.05) is 44.2 Å². The molecule has 0 aromatic heterocycles. The van der Waals surface area contributed by atoms with Gasteiger partial charge in [-0.3, -0.25) is 19.2 Å². The first-order valence-electron chi connectivity index (χ1n) is 11.1. The highest BCUT2D eigenvalue weighted by Crippen LogP contribution is 2.08. The van der Waals surface area contributed by atoms with E-state index in [2.05, 4.69) is 16.0 Å². The highest BCUT2D eigenvalue weighted by atomic mass is 32.2. The number of carbonyl (C=O) groups excluding carboxylic acids is 3. The van der Waals surface area contributed by atoms with E-state index in [-0.39, 0.29) is 6.42 Å². The molecule has 0 saturated carbocycles. The Hall–Kier alpha value is -3.12. The molecule has 0 spiro atoms. The third-order valence-corrected chi connectivity index (χ3v) is 5.77. The van der Waals surface area contributed by atoms with Crippen molar-refractivity contribution < 1.29 is 34.2 Å². The van der Waals surface area contributed by atoms with E-state index < -0.39 is 66.2 Å². The minimum atomic E-state index is -1.48. The first kappa shape index (κ1) is 29.9. The van der Waals surface area contributed by atoms with Gasteiger partial charge >= 0.3 is 11.9 Å². The first-order chi connectivity index (χ1) is 16.5. The van der Waals surface area contributed by atoms with Crippen LogP contribution in [0.4, 0.5) is 0 Å². The van der Waals surface area contributed by atoms with E-state index in [1.165, 1.54) is 11.8 Å². The quantitative estimate of drug-likeness (QED) is 0.188. The average Bonchev–Trinajstić information content (AvgIpc) is 2.79. The monoisotopic (exact) mass is 510 g/mol. The van der Waals surface area contributed by atoms with Crippen molar-refractivity contribution in [1.82, 2.24) is 16.0 Å². The van der Waals surface area contributed by atoms with E-state index in [0.717, 1.165) is 0 Å². The second kappa shape index (κ2) is 15.0. The Morgan fingerprint density at radius 2 is 1.49 bits per heavy atom. The van der Waals surface area contributed by atoms with Gasteiger partial charge in [0.1, 0.15) is 18.1 Å². The molecule has 1 rings (SSSR count). The second-order valence-corrected chi connectivity index (χ2v) is 9.35. The maximum Gasteiger partial charge on any atom is 0.326 e. The van der Waals surface area contributed by atoms with Crippen molar-refractivity contribution in [3.8, 4) is 0 Å². The van der Waals surface area contributed by atoms with Crippen LogP contribution >= 0.6 is 11.8 Å². The van der Waals surface area contributed by atoms with Crippen molar-refractivity contribution in [3.05, 3.63) is 35.9 Å². The summed E-state index contributed by atoms with van der Waals surface area (Å²) in [5.74, 6) is -4.72. The average molecular weight is 511 g/mol.